The number of hydrogen-bond acceptors (Lipinski definition) is 11. The van der Waals surface area contributed by atoms with Crippen molar-refractivity contribution < 1.29 is 31.9 Å². The average Bonchev–Trinajstić information content (AvgIpc) is 3.34. The van der Waals surface area contributed by atoms with Gasteiger partial charge in [-0.15, -0.1) is 0 Å². The summed E-state index contributed by atoms with van der Waals surface area (Å²) in [6.07, 6.45) is 3.64. The highest BCUT2D eigenvalue weighted by Crippen LogP contribution is 2.32. The van der Waals surface area contributed by atoms with E-state index in [0.29, 0.717) is 34.4 Å². The largest absolute Gasteiger partial charge is 0.478 e. The minimum absolute atomic E-state index is 0.0198. The van der Waals surface area contributed by atoms with E-state index in [1.807, 2.05) is 94.4 Å². The lowest BCUT2D eigenvalue weighted by Crippen LogP contribution is -2.49. The van der Waals surface area contributed by atoms with Crippen LogP contribution in [0.2, 0.25) is 0 Å². The molecule has 0 aliphatic carbocycles. The van der Waals surface area contributed by atoms with Gasteiger partial charge in [0.15, 0.2) is 11.6 Å². The Morgan fingerprint density at radius 1 is 0.609 bits per heavy atom. The molecule has 1 amide bonds. The Hall–Kier alpha value is -7.21. The molecule has 0 atom stereocenters. The van der Waals surface area contributed by atoms with E-state index < -0.39 is 32.5 Å². The topological polar surface area (TPSA) is 199 Å². The van der Waals surface area contributed by atoms with Gasteiger partial charge in [0.2, 0.25) is 10.0 Å². The summed E-state index contributed by atoms with van der Waals surface area (Å²) in [5, 5.41) is 40.5. The Bertz CT molecular complexity index is 2930. The number of nitrogens with two attached hydrogens (primary N) is 1. The molecule has 0 spiro atoms. The molecular formula is C52H57F2N9O5S. The maximum Gasteiger partial charge on any atom is 0.336 e. The molecule has 14 nitrogen and oxygen atoms in total. The van der Waals surface area contributed by atoms with Gasteiger partial charge in [-0.2, -0.15) is 10.5 Å². The molecule has 17 heteroatoms. The molecule has 360 valence electrons. The molecule has 5 N–H and O–H groups in total. The lowest BCUT2D eigenvalue weighted by atomic mass is 9.99. The molecule has 0 radical (unpaired) electrons. The number of para-hydroxylation sites is 2. The molecule has 5 aromatic rings. The summed E-state index contributed by atoms with van der Waals surface area (Å²) in [6.45, 7) is 12.1. The Balaban J connectivity index is 0.000000231. The molecule has 0 aromatic heterocycles. The third-order valence-electron chi connectivity index (χ3n) is 13.3. The molecule has 0 saturated carbocycles. The lowest BCUT2D eigenvalue weighted by Gasteiger charge is -2.37. The van der Waals surface area contributed by atoms with Crippen LogP contribution in [0.15, 0.2) is 89.8 Å². The summed E-state index contributed by atoms with van der Waals surface area (Å²) in [6, 6.07) is 29.3. The summed E-state index contributed by atoms with van der Waals surface area (Å²) in [4.78, 5) is 32.3. The van der Waals surface area contributed by atoms with Crippen molar-refractivity contribution in [3.05, 3.63) is 141 Å². The molecule has 3 aliphatic rings. The zero-order chi connectivity index (χ0) is 49.6. The number of hydrogen-bond donors (Lipinski definition) is 4. The number of carboxylic acids is 1. The van der Waals surface area contributed by atoms with Crippen LogP contribution in [0, 0.1) is 62.0 Å². The number of nitriles is 2. The Morgan fingerprint density at radius 2 is 1.03 bits per heavy atom. The van der Waals surface area contributed by atoms with Crippen LogP contribution in [0.3, 0.4) is 0 Å². The van der Waals surface area contributed by atoms with Gasteiger partial charge in [-0.05, 0) is 118 Å². The number of rotatable bonds is 10. The van der Waals surface area contributed by atoms with Crippen LogP contribution in [-0.2, 0) is 10.0 Å². The second-order valence-corrected chi connectivity index (χ2v) is 19.4. The number of amides is 1. The number of primary sulfonamides is 1. The maximum absolute atomic E-state index is 14.0. The van der Waals surface area contributed by atoms with Gasteiger partial charge in [0.1, 0.15) is 17.0 Å². The zero-order valence-corrected chi connectivity index (χ0v) is 40.0. The van der Waals surface area contributed by atoms with Gasteiger partial charge in [0.25, 0.3) is 5.91 Å². The number of nitrogens with zero attached hydrogens (tertiary/aromatic N) is 6. The van der Waals surface area contributed by atoms with Gasteiger partial charge in [-0.25, -0.2) is 27.1 Å². The Kier molecular flexibility index (Phi) is 15.4. The van der Waals surface area contributed by atoms with E-state index in [9.17, 15) is 42.4 Å². The van der Waals surface area contributed by atoms with Gasteiger partial charge < -0.3 is 35.3 Å². The van der Waals surface area contributed by atoms with Crippen LogP contribution < -0.4 is 30.5 Å². The van der Waals surface area contributed by atoms with Crippen molar-refractivity contribution >= 4 is 50.3 Å². The summed E-state index contributed by atoms with van der Waals surface area (Å²) < 4.78 is 51.9. The van der Waals surface area contributed by atoms with E-state index in [0.717, 1.165) is 103 Å². The number of sulfonamides is 1. The van der Waals surface area contributed by atoms with E-state index in [1.165, 1.54) is 0 Å². The first-order valence-corrected chi connectivity index (χ1v) is 24.5. The molecular weight excluding hydrogens is 901 g/mol. The van der Waals surface area contributed by atoms with Gasteiger partial charge in [0, 0.05) is 87.4 Å². The summed E-state index contributed by atoms with van der Waals surface area (Å²) in [5.74, 6) is -3.52. The number of aryl methyl sites for hydroxylation is 4. The average molecular weight is 958 g/mol. The number of halogens is 2. The molecule has 3 saturated heterocycles. The summed E-state index contributed by atoms with van der Waals surface area (Å²) >= 11 is 0. The molecule has 3 aliphatic heterocycles. The van der Waals surface area contributed by atoms with Crippen LogP contribution in [-0.4, -0.2) is 94.7 Å². The SMILES string of the molecule is Cc1cc(C)c(C(=O)N2CCN(c3cc(F)c(F)cc3S(N)(=O)=O)CC2)cc1NC1CCN(c2ccccc2C#N)CC1.Cc1cc(C)c(C(=O)O)cc1NC1CCN(c2ccccc2C#N)CC1. The van der Waals surface area contributed by atoms with Crippen molar-refractivity contribution in [2.24, 2.45) is 5.14 Å². The van der Waals surface area contributed by atoms with Crippen LogP contribution in [0.5, 0.6) is 0 Å². The first-order chi connectivity index (χ1) is 32.9. The van der Waals surface area contributed by atoms with Crippen molar-refractivity contribution in [1.82, 2.24) is 4.90 Å². The van der Waals surface area contributed by atoms with Gasteiger partial charge in [-0.3, -0.25) is 4.79 Å². The predicted molar refractivity (Wildman–Crippen MR) is 265 cm³/mol. The Labute approximate surface area is 402 Å². The zero-order valence-electron chi connectivity index (χ0n) is 39.2. The van der Waals surface area contributed by atoms with E-state index in [4.69, 9.17) is 5.14 Å². The second kappa shape index (κ2) is 21.4. The van der Waals surface area contributed by atoms with E-state index in [-0.39, 0.29) is 43.8 Å². The summed E-state index contributed by atoms with van der Waals surface area (Å²) in [5.41, 5.74) is 9.72. The highest BCUT2D eigenvalue weighted by molar-refractivity contribution is 7.89. The van der Waals surface area contributed by atoms with E-state index in [2.05, 4.69) is 32.6 Å². The third kappa shape index (κ3) is 11.6. The molecule has 0 bridgehead atoms. The third-order valence-corrected chi connectivity index (χ3v) is 14.2. The fraction of sp³-hybridized carbons (Fsp3) is 0.346. The summed E-state index contributed by atoms with van der Waals surface area (Å²) in [7, 11) is -4.29. The normalized spacial score (nSPS) is 15.7. The minimum atomic E-state index is -4.29. The number of benzene rings is 5. The first-order valence-electron chi connectivity index (χ1n) is 23.0. The highest BCUT2D eigenvalue weighted by Gasteiger charge is 2.29. The van der Waals surface area contributed by atoms with Gasteiger partial charge in [-0.1, -0.05) is 36.4 Å². The minimum Gasteiger partial charge on any atom is -0.478 e. The fourth-order valence-corrected chi connectivity index (χ4v) is 10.2. The van der Waals surface area contributed by atoms with E-state index >= 15 is 0 Å². The van der Waals surface area contributed by atoms with Crippen molar-refractivity contribution in [3.8, 4) is 12.1 Å². The van der Waals surface area contributed by atoms with E-state index in [1.54, 1.807) is 15.9 Å². The molecule has 3 heterocycles. The second-order valence-electron chi connectivity index (χ2n) is 17.9. The Morgan fingerprint density at radius 3 is 1.48 bits per heavy atom. The smallest absolute Gasteiger partial charge is 0.336 e. The number of carboxylic acid groups (broad SMARTS) is 1. The number of piperidine rings is 2. The molecule has 3 fully saturated rings. The van der Waals surface area contributed by atoms with Crippen LogP contribution in [0.4, 0.5) is 37.2 Å². The number of aromatic carboxylic acids is 1. The molecule has 8 rings (SSSR count). The van der Waals surface area contributed by atoms with Crippen molar-refractivity contribution in [3.63, 3.8) is 0 Å². The standard InChI is InChI=1S/C31H34F2N6O3S.C21H23N3O2/c1-20-15-21(2)27(36-23-7-9-37(10-8-23)28-6-4-3-5-22(28)19-34)16-24(20)31(40)39-13-11-38(12-14-39)29-17-25(32)26(33)18-30(29)43(35,41)42;1-14-11-15(2)19(12-18(14)21(25)26)23-17-7-9-24(10-8-17)20-6-4-3-5-16(20)13-22/h3-6,15-18,23,36H,7-14H2,1-2H3,(H2,35,41,42);3-6,11-12,17,23H,7-10H2,1-2H3,(H,25,26). The van der Waals surface area contributed by atoms with Crippen LogP contribution >= 0.6 is 0 Å². The number of carbonyl (C=O) groups excluding carboxylic acids is 1. The monoisotopic (exact) mass is 957 g/mol. The van der Waals surface area contributed by atoms with Crippen LogP contribution in [0.25, 0.3) is 0 Å². The number of nitrogens with one attached hydrogen (secondary N) is 2. The lowest BCUT2D eigenvalue weighted by molar-refractivity contribution is 0.0694. The highest BCUT2D eigenvalue weighted by atomic mass is 32.2. The van der Waals surface area contributed by atoms with Crippen molar-refractivity contribution in [2.75, 3.05) is 77.7 Å². The molecule has 0 unspecified atom stereocenters. The predicted octanol–water partition coefficient (Wildman–Crippen LogP) is 8.10. The molecule has 5 aromatic carbocycles. The maximum atomic E-state index is 14.0. The van der Waals surface area contributed by atoms with Crippen molar-refractivity contribution in [2.45, 2.75) is 70.4 Å². The fourth-order valence-electron chi connectivity index (χ4n) is 9.45. The van der Waals surface area contributed by atoms with Crippen molar-refractivity contribution in [1.29, 1.82) is 10.5 Å². The van der Waals surface area contributed by atoms with Crippen LogP contribution in [0.1, 0.15) is 79.8 Å². The number of piperazine rings is 1. The van der Waals surface area contributed by atoms with Gasteiger partial charge in [0.05, 0.1) is 33.8 Å². The molecule has 69 heavy (non-hydrogen) atoms. The number of carbonyl (C=O) groups is 2. The van der Waals surface area contributed by atoms with Gasteiger partial charge >= 0.3 is 5.97 Å². The quantitative estimate of drug-likeness (QED) is 0.105. The number of anilines is 5. The first kappa shape index (κ1) is 49.7.